The Hall–Kier alpha value is -2.09. The van der Waals surface area contributed by atoms with Crippen molar-refractivity contribution in [3.63, 3.8) is 0 Å². The lowest BCUT2D eigenvalue weighted by molar-refractivity contribution is 0.571. The van der Waals surface area contributed by atoms with E-state index in [1.807, 2.05) is 18.5 Å². The third-order valence-corrected chi connectivity index (χ3v) is 7.53. The van der Waals surface area contributed by atoms with Gasteiger partial charge in [0.05, 0.1) is 34.4 Å². The van der Waals surface area contributed by atoms with Crippen LogP contribution in [-0.4, -0.2) is 51.9 Å². The van der Waals surface area contributed by atoms with Crippen molar-refractivity contribution in [1.29, 1.82) is 0 Å². The van der Waals surface area contributed by atoms with E-state index in [2.05, 4.69) is 24.3 Å². The minimum atomic E-state index is -2.90. The zero-order valence-electron chi connectivity index (χ0n) is 13.2. The molecule has 0 aromatic carbocycles. The van der Waals surface area contributed by atoms with Crippen LogP contribution < -0.4 is 4.90 Å². The van der Waals surface area contributed by atoms with Gasteiger partial charge in [-0.25, -0.2) is 18.4 Å². The standard InChI is InChI=1S/C16H19N5O2S/c22-24(23,13-1-2-13)10-11-4-6-20(9-11)16-19-8-12-7-18-15-14(21(12)16)3-5-17-15/h3,5,7-8,11,13,17H,1-2,4,6,9-10H2/t11-/m1/s1. The van der Waals surface area contributed by atoms with Gasteiger partial charge in [-0.05, 0) is 31.2 Å². The maximum absolute atomic E-state index is 12.2. The summed E-state index contributed by atoms with van der Waals surface area (Å²) in [6.45, 7) is 1.59. The fourth-order valence-corrected chi connectivity index (χ4v) is 5.78. The molecule has 24 heavy (non-hydrogen) atoms. The second-order valence-electron chi connectivity index (χ2n) is 6.92. The first-order valence-corrected chi connectivity index (χ1v) is 10.1. The van der Waals surface area contributed by atoms with Crippen LogP contribution in [0.3, 0.4) is 0 Å². The zero-order chi connectivity index (χ0) is 16.3. The van der Waals surface area contributed by atoms with E-state index in [9.17, 15) is 8.42 Å². The first-order valence-electron chi connectivity index (χ1n) is 8.38. The Kier molecular flexibility index (Phi) is 2.94. The van der Waals surface area contributed by atoms with Gasteiger partial charge in [-0.3, -0.25) is 4.40 Å². The molecule has 1 atom stereocenters. The summed E-state index contributed by atoms with van der Waals surface area (Å²) in [6.07, 6.45) is 8.10. The fraction of sp³-hybridized carbons (Fsp3) is 0.500. The highest BCUT2D eigenvalue weighted by atomic mass is 32.2. The van der Waals surface area contributed by atoms with Gasteiger partial charge in [0.1, 0.15) is 0 Å². The summed E-state index contributed by atoms with van der Waals surface area (Å²) in [5.74, 6) is 1.40. The van der Waals surface area contributed by atoms with Gasteiger partial charge in [0.25, 0.3) is 0 Å². The van der Waals surface area contributed by atoms with Crippen molar-refractivity contribution in [2.75, 3.05) is 23.7 Å². The maximum atomic E-state index is 12.2. The predicted octanol–water partition coefficient (Wildman–Crippen LogP) is 1.61. The number of aromatic nitrogens is 4. The van der Waals surface area contributed by atoms with E-state index in [-0.39, 0.29) is 11.2 Å². The average molecular weight is 345 g/mol. The number of nitrogens with zero attached hydrogens (tertiary/aromatic N) is 4. The Morgan fingerprint density at radius 3 is 2.88 bits per heavy atom. The number of rotatable bonds is 4. The molecule has 1 saturated carbocycles. The quantitative estimate of drug-likeness (QED) is 0.777. The largest absolute Gasteiger partial charge is 0.345 e. The third kappa shape index (κ3) is 2.20. The molecule has 0 amide bonds. The number of imidazole rings is 1. The second-order valence-corrected chi connectivity index (χ2v) is 9.24. The summed E-state index contributed by atoms with van der Waals surface area (Å²) in [5.41, 5.74) is 2.77. The molecule has 3 aromatic rings. The van der Waals surface area contributed by atoms with Gasteiger partial charge in [-0.1, -0.05) is 0 Å². The number of hydrogen-bond acceptors (Lipinski definition) is 5. The van der Waals surface area contributed by atoms with Gasteiger partial charge in [-0.2, -0.15) is 0 Å². The third-order valence-electron chi connectivity index (χ3n) is 5.11. The van der Waals surface area contributed by atoms with Crippen molar-refractivity contribution < 1.29 is 8.42 Å². The zero-order valence-corrected chi connectivity index (χ0v) is 14.0. The van der Waals surface area contributed by atoms with Crippen LogP contribution in [0.4, 0.5) is 5.95 Å². The summed E-state index contributed by atoms with van der Waals surface area (Å²) < 4.78 is 26.6. The number of sulfone groups is 1. The van der Waals surface area contributed by atoms with Crippen molar-refractivity contribution in [3.05, 3.63) is 24.7 Å². The van der Waals surface area contributed by atoms with Crippen molar-refractivity contribution in [1.82, 2.24) is 19.4 Å². The average Bonchev–Trinajstić information content (AvgIpc) is 2.96. The van der Waals surface area contributed by atoms with Crippen LogP contribution in [0.1, 0.15) is 19.3 Å². The van der Waals surface area contributed by atoms with Crippen molar-refractivity contribution >= 4 is 32.5 Å². The molecule has 5 rings (SSSR count). The number of aromatic amines is 1. The fourth-order valence-electron chi connectivity index (χ4n) is 3.72. The molecule has 0 radical (unpaired) electrons. The molecule has 1 aliphatic heterocycles. The van der Waals surface area contributed by atoms with Crippen molar-refractivity contribution in [2.45, 2.75) is 24.5 Å². The summed E-state index contributed by atoms with van der Waals surface area (Å²) in [4.78, 5) is 14.3. The molecule has 3 aromatic heterocycles. The molecule has 7 nitrogen and oxygen atoms in total. The first-order chi connectivity index (χ1) is 11.6. The Morgan fingerprint density at radius 2 is 2.04 bits per heavy atom. The Morgan fingerprint density at radius 1 is 1.21 bits per heavy atom. The molecular formula is C16H19N5O2S. The molecule has 2 aliphatic rings. The van der Waals surface area contributed by atoms with Gasteiger partial charge in [0, 0.05) is 19.3 Å². The highest BCUT2D eigenvalue weighted by Gasteiger charge is 2.38. The molecule has 0 unspecified atom stereocenters. The van der Waals surface area contributed by atoms with Crippen LogP contribution in [0.25, 0.3) is 16.7 Å². The van der Waals surface area contributed by atoms with Crippen LogP contribution in [0.5, 0.6) is 0 Å². The van der Waals surface area contributed by atoms with E-state index in [0.29, 0.717) is 5.75 Å². The lowest BCUT2D eigenvalue weighted by atomic mass is 10.2. The molecule has 126 valence electrons. The molecule has 0 spiro atoms. The van der Waals surface area contributed by atoms with E-state index in [4.69, 9.17) is 0 Å². The molecule has 2 fully saturated rings. The lowest BCUT2D eigenvalue weighted by Crippen LogP contribution is -2.25. The Labute approximate surface area is 139 Å². The molecule has 1 saturated heterocycles. The molecular weight excluding hydrogens is 326 g/mol. The molecule has 1 N–H and O–H groups in total. The van der Waals surface area contributed by atoms with E-state index >= 15 is 0 Å². The van der Waals surface area contributed by atoms with Crippen LogP contribution in [-0.2, 0) is 9.84 Å². The number of hydrogen-bond donors (Lipinski definition) is 1. The number of fused-ring (bicyclic) bond motifs is 3. The summed E-state index contributed by atoms with van der Waals surface area (Å²) in [7, 11) is -2.90. The summed E-state index contributed by atoms with van der Waals surface area (Å²) in [6, 6.07) is 1.99. The van der Waals surface area contributed by atoms with Crippen LogP contribution in [0, 0.1) is 5.92 Å². The van der Waals surface area contributed by atoms with E-state index < -0.39 is 9.84 Å². The number of nitrogens with one attached hydrogen (secondary N) is 1. The SMILES string of the molecule is O=S(=O)(C[C@@H]1CCN(c2ncc3cnc4[nH]ccc4n23)C1)C1CC1. The van der Waals surface area contributed by atoms with Crippen molar-refractivity contribution in [2.24, 2.45) is 5.92 Å². The minimum Gasteiger partial charge on any atom is -0.345 e. The van der Waals surface area contributed by atoms with E-state index in [0.717, 1.165) is 55.0 Å². The molecule has 1 aliphatic carbocycles. The normalized spacial score (nSPS) is 22.0. The number of anilines is 1. The van der Waals surface area contributed by atoms with Gasteiger partial charge in [-0.15, -0.1) is 0 Å². The predicted molar refractivity (Wildman–Crippen MR) is 92.0 cm³/mol. The molecule has 8 heteroatoms. The van der Waals surface area contributed by atoms with Gasteiger partial charge in [0.2, 0.25) is 5.95 Å². The number of H-pyrrole nitrogens is 1. The monoisotopic (exact) mass is 345 g/mol. The summed E-state index contributed by atoms with van der Waals surface area (Å²) in [5, 5.41) is -0.0654. The molecule has 4 heterocycles. The van der Waals surface area contributed by atoms with Gasteiger partial charge >= 0.3 is 0 Å². The van der Waals surface area contributed by atoms with Gasteiger partial charge < -0.3 is 9.88 Å². The van der Waals surface area contributed by atoms with Crippen LogP contribution in [0.2, 0.25) is 0 Å². The smallest absolute Gasteiger partial charge is 0.210 e. The highest BCUT2D eigenvalue weighted by Crippen LogP contribution is 2.33. The second kappa shape index (κ2) is 4.95. The van der Waals surface area contributed by atoms with E-state index in [1.165, 1.54) is 0 Å². The molecule has 0 bridgehead atoms. The van der Waals surface area contributed by atoms with E-state index in [1.54, 1.807) is 6.20 Å². The minimum absolute atomic E-state index is 0.0654. The Bertz CT molecular complexity index is 1020. The summed E-state index contributed by atoms with van der Waals surface area (Å²) >= 11 is 0. The Balaban J connectivity index is 1.45. The highest BCUT2D eigenvalue weighted by molar-refractivity contribution is 7.92. The maximum Gasteiger partial charge on any atom is 0.210 e. The van der Waals surface area contributed by atoms with Gasteiger partial charge in [0.15, 0.2) is 15.5 Å². The van der Waals surface area contributed by atoms with Crippen molar-refractivity contribution in [3.8, 4) is 0 Å². The first kappa shape index (κ1) is 14.3. The lowest BCUT2D eigenvalue weighted by Gasteiger charge is -2.17. The topological polar surface area (TPSA) is 83.4 Å². The van der Waals surface area contributed by atoms with Crippen LogP contribution in [0.15, 0.2) is 24.7 Å². The van der Waals surface area contributed by atoms with Crippen LogP contribution >= 0.6 is 0 Å².